The largest absolute Gasteiger partial charge is 0.375 e. The van der Waals surface area contributed by atoms with Crippen molar-refractivity contribution in [3.63, 3.8) is 0 Å². The molecule has 29 valence electrons. The van der Waals surface area contributed by atoms with Crippen molar-refractivity contribution in [2.75, 3.05) is 0 Å². The molecular formula is H3AlO3P. The van der Waals surface area contributed by atoms with Crippen LogP contribution in [0.3, 0.4) is 0 Å². The lowest BCUT2D eigenvalue weighted by molar-refractivity contribution is 0.395. The average Bonchev–Trinajstić information content (AvgIpc) is 0.722. The fourth-order valence-corrected chi connectivity index (χ4v) is 0. The minimum Gasteiger partial charge on any atom is -0.340 e. The molecule has 0 unspecified atom stereocenters. The lowest BCUT2D eigenvalue weighted by atomic mass is 15.8. The van der Waals surface area contributed by atoms with Crippen LogP contribution in [0.2, 0.25) is 0 Å². The first-order valence-electron chi connectivity index (χ1n) is 0.899. The highest BCUT2D eigenvalue weighted by molar-refractivity contribution is 7.77. The molecule has 0 aliphatic heterocycles. The highest BCUT2D eigenvalue weighted by atomic mass is 31.4. The van der Waals surface area contributed by atoms with Gasteiger partial charge in [0.25, 0.3) is 0 Å². The van der Waals surface area contributed by atoms with Crippen LogP contribution in [0.15, 0.2) is 0 Å². The summed E-state index contributed by atoms with van der Waals surface area (Å²) in [4.78, 5) is 15.3. The highest BCUT2D eigenvalue weighted by Crippen LogP contribution is 2.24. The Morgan fingerprint density at radius 3 is 1.60 bits per heavy atom. The molecule has 5 heavy (non-hydrogen) atoms. The van der Waals surface area contributed by atoms with E-state index in [2.05, 4.69) is 0 Å². The van der Waals surface area contributed by atoms with Crippen LogP contribution in [0.1, 0.15) is 0 Å². The molecule has 0 heterocycles. The summed E-state index contributed by atoms with van der Waals surface area (Å²) in [5.41, 5.74) is 0. The summed E-state index contributed by atoms with van der Waals surface area (Å²) in [5, 5.41) is 0. The van der Waals surface area contributed by atoms with Crippen LogP contribution in [0.4, 0.5) is 0 Å². The lowest BCUT2D eigenvalue weighted by Gasteiger charge is -1.87. The molecular weight excluding hydrogens is 106 g/mol. The zero-order valence-electron chi connectivity index (χ0n) is 2.46. The van der Waals surface area contributed by atoms with Crippen molar-refractivity contribution in [3.05, 3.63) is 0 Å². The smallest absolute Gasteiger partial charge is 0.340 e. The minimum atomic E-state index is -3.61. The minimum absolute atomic E-state index is 0.678. The molecule has 5 heteroatoms. The Hall–Kier alpha value is 0.682. The van der Waals surface area contributed by atoms with E-state index in [9.17, 15) is 4.57 Å². The Morgan fingerprint density at radius 2 is 1.60 bits per heavy atom. The molecule has 0 saturated heterocycles. The molecule has 0 aliphatic rings. The Bertz CT molecular complexity index is 53.0. The summed E-state index contributed by atoms with van der Waals surface area (Å²) in [6, 6.07) is 0. The third-order valence-corrected chi connectivity index (χ3v) is 0. The van der Waals surface area contributed by atoms with Gasteiger partial charge in [0, 0.05) is 0 Å². The second-order valence-corrected chi connectivity index (χ2v) is 4.47. The summed E-state index contributed by atoms with van der Waals surface area (Å²) < 4.78 is 9.34. The van der Waals surface area contributed by atoms with Crippen LogP contribution >= 0.6 is 6.24 Å². The van der Waals surface area contributed by atoms with E-state index < -0.39 is 6.24 Å². The van der Waals surface area contributed by atoms with E-state index in [0.29, 0.717) is 15.8 Å². The molecule has 0 aromatic rings. The van der Waals surface area contributed by atoms with Gasteiger partial charge in [-0.1, -0.05) is 0 Å². The molecule has 1 radical (unpaired) electrons. The van der Waals surface area contributed by atoms with Crippen LogP contribution in [-0.2, 0) is 4.57 Å². The molecule has 0 spiro atoms. The van der Waals surface area contributed by atoms with Crippen LogP contribution in [0.5, 0.6) is 0 Å². The van der Waals surface area contributed by atoms with Gasteiger partial charge in [0.1, 0.15) is 0 Å². The molecule has 0 aromatic carbocycles. The average molecular weight is 109 g/mol. The molecule has 0 aliphatic carbocycles. The summed E-state index contributed by atoms with van der Waals surface area (Å²) in [6.45, 7) is 0. The lowest BCUT2D eigenvalue weighted by Crippen LogP contribution is -1.67. The van der Waals surface area contributed by atoms with Crippen LogP contribution in [-0.4, -0.2) is 25.6 Å². The summed E-state index contributed by atoms with van der Waals surface area (Å²) >= 11 is 0.678. The Balaban J connectivity index is 3.47. The van der Waals surface area contributed by atoms with Gasteiger partial charge in [-0.15, -0.1) is 0 Å². The van der Waals surface area contributed by atoms with Crippen LogP contribution < -0.4 is 0 Å². The molecule has 3 nitrogen and oxygen atoms in total. The number of hydrogen-bond donors (Lipinski definition) is 2. The fourth-order valence-electron chi connectivity index (χ4n) is 0. The molecule has 0 aromatic heterocycles. The second kappa shape index (κ2) is 1.42. The third-order valence-electron chi connectivity index (χ3n) is 0. The molecule has 2 N–H and O–H groups in total. The normalized spacial score (nSPS) is 11.6. The first kappa shape index (κ1) is 5.68. The number of rotatable bonds is 0. The topological polar surface area (TPSA) is 57.5 Å². The van der Waals surface area contributed by atoms with Gasteiger partial charge in [-0.05, 0) is 0 Å². The predicted molar refractivity (Wildman–Crippen MR) is 19.2 cm³/mol. The SMILES string of the molecule is O=[P](O)(O)[AlH]. The molecule has 0 rings (SSSR count). The third kappa shape index (κ3) is 72.3. The Morgan fingerprint density at radius 1 is 1.60 bits per heavy atom. The molecule has 0 atom stereocenters. The van der Waals surface area contributed by atoms with Crippen molar-refractivity contribution in [2.24, 2.45) is 0 Å². The van der Waals surface area contributed by atoms with E-state index in [1.54, 1.807) is 0 Å². The van der Waals surface area contributed by atoms with E-state index in [4.69, 9.17) is 9.79 Å². The quantitative estimate of drug-likeness (QED) is 0.309. The van der Waals surface area contributed by atoms with Crippen molar-refractivity contribution in [1.82, 2.24) is 0 Å². The molecule has 0 saturated carbocycles. The van der Waals surface area contributed by atoms with E-state index in [0.717, 1.165) is 0 Å². The van der Waals surface area contributed by atoms with Crippen molar-refractivity contribution in [2.45, 2.75) is 0 Å². The van der Waals surface area contributed by atoms with Crippen molar-refractivity contribution < 1.29 is 14.4 Å². The van der Waals surface area contributed by atoms with E-state index >= 15 is 0 Å². The van der Waals surface area contributed by atoms with Gasteiger partial charge in [-0.2, -0.15) is 0 Å². The van der Waals surface area contributed by atoms with Gasteiger partial charge < -0.3 is 9.79 Å². The van der Waals surface area contributed by atoms with Crippen LogP contribution in [0, 0.1) is 0 Å². The maximum atomic E-state index is 9.34. The van der Waals surface area contributed by atoms with Gasteiger partial charge in [0.15, 0.2) is 0 Å². The van der Waals surface area contributed by atoms with Gasteiger partial charge in [0.05, 0.1) is 0 Å². The maximum Gasteiger partial charge on any atom is 0.375 e. The van der Waals surface area contributed by atoms with Gasteiger partial charge in [-0.3, -0.25) is 4.57 Å². The molecule has 0 bridgehead atoms. The van der Waals surface area contributed by atoms with Crippen molar-refractivity contribution in [3.8, 4) is 0 Å². The van der Waals surface area contributed by atoms with Gasteiger partial charge in [-0.25, -0.2) is 0 Å². The van der Waals surface area contributed by atoms with Crippen molar-refractivity contribution >= 4 is 22.1 Å². The second-order valence-electron chi connectivity index (χ2n) is 0.665. The molecule has 0 amide bonds. The standard InChI is InChI=1S/Al.HO3P.H/c;1-4(2)3;/h;(H-,1,2,3);/q-1;;/p+1. The number of hydrogen-bond acceptors (Lipinski definition) is 1. The Kier molecular flexibility index (Phi) is 1.62. The summed E-state index contributed by atoms with van der Waals surface area (Å²) in [7, 11) is 0. The predicted octanol–water partition coefficient (Wildman–Crippen LogP) is -1.02. The van der Waals surface area contributed by atoms with Gasteiger partial charge >= 0.3 is 15.8 Å². The first-order valence-corrected chi connectivity index (χ1v) is 4.59. The van der Waals surface area contributed by atoms with E-state index in [-0.39, 0.29) is 0 Å². The summed E-state index contributed by atoms with van der Waals surface area (Å²) in [5.74, 6) is 0. The maximum absolute atomic E-state index is 9.34. The fraction of sp³-hybridized carbons (Fsp3) is 0. The van der Waals surface area contributed by atoms with E-state index in [1.807, 2.05) is 0 Å². The first-order chi connectivity index (χ1) is 2.00. The zero-order chi connectivity index (χ0) is 4.50. The van der Waals surface area contributed by atoms with E-state index in [1.165, 1.54) is 0 Å². The van der Waals surface area contributed by atoms with Crippen molar-refractivity contribution in [1.29, 1.82) is 0 Å². The van der Waals surface area contributed by atoms with Crippen LogP contribution in [0.25, 0.3) is 0 Å². The molecule has 0 fully saturated rings. The monoisotopic (exact) mass is 109 g/mol. The zero-order valence-corrected chi connectivity index (χ0v) is 4.77. The van der Waals surface area contributed by atoms with Gasteiger partial charge in [0.2, 0.25) is 6.24 Å². The Labute approximate surface area is 37.2 Å². The highest BCUT2D eigenvalue weighted by Gasteiger charge is 1.94. The summed E-state index contributed by atoms with van der Waals surface area (Å²) in [6.07, 6.45) is -3.61.